The number of rotatable bonds is 4. The number of aryl methyl sites for hydroxylation is 2. The Kier molecular flexibility index (Phi) is 4.49. The molecule has 0 aliphatic heterocycles. The molecular weight excluding hydrogens is 308 g/mol. The molecule has 0 spiro atoms. The number of aromatic nitrogens is 4. The summed E-state index contributed by atoms with van der Waals surface area (Å²) in [6.07, 6.45) is 0.223. The number of hydrogen-bond acceptors (Lipinski definition) is 5. The highest BCUT2D eigenvalue weighted by atomic mass is 35.5. The fraction of sp³-hybridized carbons (Fsp3) is 0.571. The zero-order valence-electron chi connectivity index (χ0n) is 12.9. The van der Waals surface area contributed by atoms with E-state index >= 15 is 0 Å². The van der Waals surface area contributed by atoms with Crippen molar-refractivity contribution in [2.75, 3.05) is 0 Å². The number of hydrogen-bond donors (Lipinski definition) is 0. The number of Topliss-reactive ketones (excluding diaryl/α,β-unsaturated/α-hetero) is 1. The molecule has 7 heteroatoms. The van der Waals surface area contributed by atoms with E-state index in [1.807, 2.05) is 34.6 Å². The summed E-state index contributed by atoms with van der Waals surface area (Å²) < 4.78 is 5.72. The van der Waals surface area contributed by atoms with Gasteiger partial charge < -0.3 is 0 Å². The summed E-state index contributed by atoms with van der Waals surface area (Å²) in [5.74, 6) is -0.00794. The molecule has 5 nitrogen and oxygen atoms in total. The van der Waals surface area contributed by atoms with Crippen LogP contribution in [-0.2, 0) is 18.4 Å². The van der Waals surface area contributed by atoms with Crippen molar-refractivity contribution < 1.29 is 4.79 Å². The van der Waals surface area contributed by atoms with Crippen molar-refractivity contribution in [3.8, 4) is 0 Å². The molecule has 0 radical (unpaired) electrons. The largest absolute Gasteiger partial charge is 0.293 e. The highest BCUT2D eigenvalue weighted by Crippen LogP contribution is 2.28. The molecule has 0 aliphatic rings. The van der Waals surface area contributed by atoms with E-state index in [1.165, 1.54) is 0 Å². The van der Waals surface area contributed by atoms with Gasteiger partial charge in [0.2, 0.25) is 0 Å². The summed E-state index contributed by atoms with van der Waals surface area (Å²) in [6.45, 7) is 10.6. The Bertz CT molecular complexity index is 669. The maximum Gasteiger partial charge on any atom is 0.182 e. The summed E-state index contributed by atoms with van der Waals surface area (Å²) in [7, 11) is 0. The summed E-state index contributed by atoms with van der Waals surface area (Å²) >= 11 is 7.41. The predicted octanol–water partition coefficient (Wildman–Crippen LogP) is 3.44. The Balaban J connectivity index is 2.34. The van der Waals surface area contributed by atoms with Gasteiger partial charge in [-0.25, -0.2) is 0 Å². The summed E-state index contributed by atoms with van der Waals surface area (Å²) in [6, 6.07) is 0. The molecule has 2 rings (SSSR count). The van der Waals surface area contributed by atoms with E-state index in [0.29, 0.717) is 16.4 Å². The van der Waals surface area contributed by atoms with Gasteiger partial charge in [0.1, 0.15) is 4.88 Å². The van der Waals surface area contributed by atoms with Crippen molar-refractivity contribution in [2.24, 2.45) is 0 Å². The first-order valence-electron chi connectivity index (χ1n) is 6.83. The second-order valence-electron chi connectivity index (χ2n) is 5.96. The molecule has 114 valence electrons. The van der Waals surface area contributed by atoms with Crippen LogP contribution in [0.15, 0.2) is 0 Å². The van der Waals surface area contributed by atoms with Crippen LogP contribution in [0.25, 0.3) is 0 Å². The number of carbonyl (C=O) groups is 1. The van der Waals surface area contributed by atoms with Crippen LogP contribution in [0.2, 0.25) is 5.02 Å². The van der Waals surface area contributed by atoms with Crippen LogP contribution in [0.1, 0.15) is 54.4 Å². The second kappa shape index (κ2) is 5.85. The first kappa shape index (κ1) is 16.1. The second-order valence-corrected chi connectivity index (χ2v) is 7.09. The lowest BCUT2D eigenvalue weighted by molar-refractivity contribution is 0.0992. The Morgan fingerprint density at radius 1 is 1.38 bits per heavy atom. The van der Waals surface area contributed by atoms with Gasteiger partial charge in [-0.2, -0.15) is 5.10 Å². The van der Waals surface area contributed by atoms with Crippen LogP contribution in [-0.4, -0.2) is 25.2 Å². The topological polar surface area (TPSA) is 60.7 Å². The van der Waals surface area contributed by atoms with Gasteiger partial charge in [0, 0.05) is 12.0 Å². The lowest BCUT2D eigenvalue weighted by Gasteiger charge is -2.16. The maximum atomic E-state index is 12.6. The summed E-state index contributed by atoms with van der Waals surface area (Å²) in [5, 5.41) is 9.02. The molecule has 2 heterocycles. The van der Waals surface area contributed by atoms with E-state index in [2.05, 4.69) is 14.7 Å². The predicted molar refractivity (Wildman–Crippen MR) is 84.3 cm³/mol. The molecule has 0 atom stereocenters. The molecule has 0 aliphatic carbocycles. The van der Waals surface area contributed by atoms with E-state index in [9.17, 15) is 4.79 Å². The van der Waals surface area contributed by atoms with Crippen molar-refractivity contribution >= 4 is 28.9 Å². The molecule has 0 saturated carbocycles. The van der Waals surface area contributed by atoms with Gasteiger partial charge in [-0.1, -0.05) is 36.9 Å². The summed E-state index contributed by atoms with van der Waals surface area (Å²) in [4.78, 5) is 13.2. The maximum absolute atomic E-state index is 12.6. The van der Waals surface area contributed by atoms with Crippen LogP contribution in [0.5, 0.6) is 0 Å². The van der Waals surface area contributed by atoms with Gasteiger partial charge >= 0.3 is 0 Å². The molecule has 0 N–H and O–H groups in total. The fourth-order valence-electron chi connectivity index (χ4n) is 2.13. The van der Waals surface area contributed by atoms with Crippen molar-refractivity contribution in [3.05, 3.63) is 27.0 Å². The molecule has 0 amide bonds. The Morgan fingerprint density at radius 3 is 2.62 bits per heavy atom. The molecule has 2 aromatic rings. The Morgan fingerprint density at radius 2 is 2.05 bits per heavy atom. The van der Waals surface area contributed by atoms with Crippen LogP contribution < -0.4 is 0 Å². The zero-order valence-corrected chi connectivity index (χ0v) is 14.5. The van der Waals surface area contributed by atoms with Crippen molar-refractivity contribution in [2.45, 2.75) is 53.0 Å². The lowest BCUT2D eigenvalue weighted by atomic mass is 9.90. The van der Waals surface area contributed by atoms with Crippen LogP contribution in [0.4, 0.5) is 0 Å². The molecule has 0 fully saturated rings. The first-order chi connectivity index (χ1) is 9.75. The minimum absolute atomic E-state index is 0.00794. The molecule has 0 saturated heterocycles. The number of carbonyl (C=O) groups excluding carboxylic acids is 1. The molecule has 0 unspecified atom stereocenters. The Hall–Kier alpha value is -1.27. The van der Waals surface area contributed by atoms with Crippen LogP contribution >= 0.6 is 23.1 Å². The number of halogens is 1. The van der Waals surface area contributed by atoms with Gasteiger partial charge in [-0.3, -0.25) is 9.48 Å². The van der Waals surface area contributed by atoms with Gasteiger partial charge in [0.15, 0.2) is 5.78 Å². The average molecular weight is 327 g/mol. The number of nitrogens with zero attached hydrogens (tertiary/aromatic N) is 4. The van der Waals surface area contributed by atoms with Crippen LogP contribution in [0, 0.1) is 6.92 Å². The summed E-state index contributed by atoms with van der Waals surface area (Å²) in [5.41, 5.74) is 2.05. The van der Waals surface area contributed by atoms with Gasteiger partial charge in [0.05, 0.1) is 28.5 Å². The Labute approximate surface area is 133 Å². The van der Waals surface area contributed by atoms with E-state index in [4.69, 9.17) is 11.6 Å². The highest BCUT2D eigenvalue weighted by Gasteiger charge is 2.27. The highest BCUT2D eigenvalue weighted by molar-refractivity contribution is 7.08. The monoisotopic (exact) mass is 326 g/mol. The average Bonchev–Trinajstić information content (AvgIpc) is 2.98. The number of ketones is 1. The molecular formula is C14H19ClN4OS. The standard InChI is InChI=1S/C14H19ClN4OS/c1-6-19-9(11(15)8(2)17-19)7-10(20)12-13(14(3,4)5)16-18-21-12/h6-7H2,1-5H3. The zero-order chi connectivity index (χ0) is 15.8. The minimum atomic E-state index is -0.206. The SMILES string of the molecule is CCn1nc(C)c(Cl)c1CC(=O)c1snnc1C(C)(C)C. The quantitative estimate of drug-likeness (QED) is 0.807. The van der Waals surface area contributed by atoms with E-state index in [-0.39, 0.29) is 17.6 Å². The molecule has 0 aromatic carbocycles. The van der Waals surface area contributed by atoms with E-state index in [1.54, 1.807) is 4.68 Å². The molecule has 0 bridgehead atoms. The third-order valence-electron chi connectivity index (χ3n) is 3.23. The first-order valence-corrected chi connectivity index (χ1v) is 7.98. The van der Waals surface area contributed by atoms with Gasteiger partial charge in [0.25, 0.3) is 0 Å². The van der Waals surface area contributed by atoms with Gasteiger partial charge in [-0.05, 0) is 25.4 Å². The third kappa shape index (κ3) is 3.16. The molecule has 2 aromatic heterocycles. The minimum Gasteiger partial charge on any atom is -0.293 e. The van der Waals surface area contributed by atoms with Crippen LogP contribution in [0.3, 0.4) is 0 Å². The van der Waals surface area contributed by atoms with Crippen molar-refractivity contribution in [1.29, 1.82) is 0 Å². The van der Waals surface area contributed by atoms with E-state index < -0.39 is 0 Å². The molecule has 21 heavy (non-hydrogen) atoms. The fourth-order valence-corrected chi connectivity index (χ4v) is 3.15. The smallest absolute Gasteiger partial charge is 0.182 e. The van der Waals surface area contributed by atoms with E-state index in [0.717, 1.165) is 28.6 Å². The lowest BCUT2D eigenvalue weighted by Crippen LogP contribution is -2.18. The van der Waals surface area contributed by atoms with Crippen molar-refractivity contribution in [3.63, 3.8) is 0 Å². The third-order valence-corrected chi connectivity index (χ3v) is 4.49. The normalized spacial score (nSPS) is 11.9. The van der Waals surface area contributed by atoms with Gasteiger partial charge in [-0.15, -0.1) is 5.10 Å². The van der Waals surface area contributed by atoms with Crippen molar-refractivity contribution in [1.82, 2.24) is 19.4 Å².